The van der Waals surface area contributed by atoms with E-state index in [0.29, 0.717) is 11.3 Å². The first kappa shape index (κ1) is 52.2. The van der Waals surface area contributed by atoms with E-state index in [1.54, 1.807) is 67.8 Å². The number of aryl methyl sites for hydroxylation is 1. The van der Waals surface area contributed by atoms with Gasteiger partial charge in [-0.3, -0.25) is 43.9 Å². The number of aromatic amines is 1. The van der Waals surface area contributed by atoms with Crippen LogP contribution in [0.1, 0.15) is 85.2 Å². The number of fused-ring (bicyclic) bond motifs is 3. The van der Waals surface area contributed by atoms with Crippen LogP contribution >= 0.6 is 12.4 Å². The van der Waals surface area contributed by atoms with Crippen molar-refractivity contribution in [2.24, 2.45) is 16.2 Å². The molecule has 0 unspecified atom stereocenters. The summed E-state index contributed by atoms with van der Waals surface area (Å²) in [6, 6.07) is 24.1. The van der Waals surface area contributed by atoms with E-state index in [9.17, 15) is 24.0 Å². The van der Waals surface area contributed by atoms with Crippen LogP contribution in [0.25, 0.3) is 32.8 Å². The lowest BCUT2D eigenvalue weighted by Gasteiger charge is -2.19. The molecule has 7 aromatic rings. The molecule has 0 saturated carbocycles. The van der Waals surface area contributed by atoms with Gasteiger partial charge in [-0.25, -0.2) is 0 Å². The summed E-state index contributed by atoms with van der Waals surface area (Å²) in [5.74, 6) is -0.100. The van der Waals surface area contributed by atoms with Crippen molar-refractivity contribution in [1.29, 1.82) is 0 Å². The van der Waals surface area contributed by atoms with Crippen molar-refractivity contribution in [2.75, 3.05) is 16.0 Å². The number of carbonyl (C=O) groups excluding carboxylic acids is 4. The second-order valence-corrected chi connectivity index (χ2v) is 18.0. The molecule has 0 saturated heterocycles. The maximum atomic E-state index is 12.2. The summed E-state index contributed by atoms with van der Waals surface area (Å²) < 4.78 is 0. The highest BCUT2D eigenvalue weighted by molar-refractivity contribution is 6.05. The first-order valence-electron chi connectivity index (χ1n) is 20.7. The SMILES string of the molecule is CC(=O)c1ccccc1-c1ccncc1NC(=O)C(C)(C)C.CC(C)(C)C(=O)Nc1cccnc1.Cc1ccncc1NC(=O)C(C)(C)C.Cl.O=c1[nH]c2cnccc2c2ccccc12. The van der Waals surface area contributed by atoms with Crippen molar-refractivity contribution in [2.45, 2.75) is 76.2 Å². The first-order chi connectivity index (χ1) is 30.1. The maximum Gasteiger partial charge on any atom is 0.256 e. The van der Waals surface area contributed by atoms with Crippen molar-refractivity contribution in [3.05, 3.63) is 150 Å². The van der Waals surface area contributed by atoms with Crippen LogP contribution in [0.4, 0.5) is 17.1 Å². The van der Waals surface area contributed by atoms with E-state index >= 15 is 0 Å². The zero-order valence-electron chi connectivity index (χ0n) is 38.9. The van der Waals surface area contributed by atoms with Crippen LogP contribution in [-0.2, 0) is 14.4 Å². The van der Waals surface area contributed by atoms with Gasteiger partial charge in [-0.2, -0.15) is 0 Å². The molecule has 0 spiro atoms. The van der Waals surface area contributed by atoms with Gasteiger partial charge in [-0.1, -0.05) is 105 Å². The molecule has 13 nitrogen and oxygen atoms in total. The molecule has 0 radical (unpaired) electrons. The van der Waals surface area contributed by atoms with E-state index in [-0.39, 0.29) is 52.3 Å². The Bertz CT molecular complexity index is 2790. The Balaban J connectivity index is 0.000000234. The van der Waals surface area contributed by atoms with E-state index in [2.05, 4.69) is 40.9 Å². The molecule has 0 aliphatic heterocycles. The van der Waals surface area contributed by atoms with Gasteiger partial charge in [0.25, 0.3) is 5.56 Å². The lowest BCUT2D eigenvalue weighted by molar-refractivity contribution is -0.123. The fourth-order valence-corrected chi connectivity index (χ4v) is 5.56. The molecule has 0 atom stereocenters. The van der Waals surface area contributed by atoms with Gasteiger partial charge in [-0.05, 0) is 66.8 Å². The minimum atomic E-state index is -0.507. The molecule has 0 aliphatic carbocycles. The minimum absolute atomic E-state index is 0. The fraction of sp³-hybridized carbons (Fsp3) is 0.275. The van der Waals surface area contributed by atoms with Crippen molar-refractivity contribution >= 4 is 74.6 Å². The number of halogens is 1. The number of hydrogen-bond acceptors (Lipinski definition) is 9. The van der Waals surface area contributed by atoms with E-state index in [1.807, 2.05) is 130 Å². The van der Waals surface area contributed by atoms with Crippen molar-refractivity contribution in [1.82, 2.24) is 24.9 Å². The Kier molecular flexibility index (Phi) is 18.5. The van der Waals surface area contributed by atoms with E-state index in [1.165, 1.54) is 6.92 Å². The number of rotatable bonds is 5. The normalized spacial score (nSPS) is 10.9. The third-order valence-corrected chi connectivity index (χ3v) is 9.45. The third kappa shape index (κ3) is 15.3. The number of amides is 3. The Morgan fingerprint density at radius 1 is 0.508 bits per heavy atom. The highest BCUT2D eigenvalue weighted by Gasteiger charge is 2.24. The highest BCUT2D eigenvalue weighted by atomic mass is 35.5. The summed E-state index contributed by atoms with van der Waals surface area (Å²) in [5.41, 5.74) is 4.83. The maximum absolute atomic E-state index is 12.2. The quantitative estimate of drug-likeness (QED) is 0.0962. The molecule has 7 rings (SSSR count). The summed E-state index contributed by atoms with van der Waals surface area (Å²) in [6.45, 7) is 20.3. The molecule has 3 amide bonds. The molecule has 2 aromatic carbocycles. The molecule has 0 bridgehead atoms. The Hall–Kier alpha value is -7.12. The largest absolute Gasteiger partial charge is 0.324 e. The summed E-state index contributed by atoms with van der Waals surface area (Å²) in [4.78, 5) is 77.7. The number of anilines is 3. The monoisotopic (exact) mass is 898 g/mol. The van der Waals surface area contributed by atoms with Gasteiger partial charge in [-0.15, -0.1) is 12.4 Å². The summed E-state index contributed by atoms with van der Waals surface area (Å²) in [6.07, 6.45) is 13.3. The lowest BCUT2D eigenvalue weighted by Crippen LogP contribution is -2.27. The summed E-state index contributed by atoms with van der Waals surface area (Å²) in [5, 5.41) is 11.2. The van der Waals surface area contributed by atoms with Gasteiger partial charge in [0.05, 0.1) is 47.4 Å². The smallest absolute Gasteiger partial charge is 0.256 e. The number of H-pyrrole nitrogens is 1. The first-order valence-corrected chi connectivity index (χ1v) is 20.7. The van der Waals surface area contributed by atoms with Gasteiger partial charge < -0.3 is 20.9 Å². The van der Waals surface area contributed by atoms with Gasteiger partial charge in [0.15, 0.2) is 5.78 Å². The fourth-order valence-electron chi connectivity index (χ4n) is 5.56. The molecule has 340 valence electrons. The Labute approximate surface area is 386 Å². The average molecular weight is 900 g/mol. The second kappa shape index (κ2) is 23.0. The minimum Gasteiger partial charge on any atom is -0.324 e. The lowest BCUT2D eigenvalue weighted by atomic mass is 9.94. The topological polar surface area (TPSA) is 189 Å². The van der Waals surface area contributed by atoms with Crippen LogP contribution in [0, 0.1) is 23.2 Å². The number of pyridine rings is 5. The third-order valence-electron chi connectivity index (χ3n) is 9.45. The number of carbonyl (C=O) groups is 4. The van der Waals surface area contributed by atoms with Crippen LogP contribution in [0.2, 0.25) is 0 Å². The van der Waals surface area contributed by atoms with E-state index in [0.717, 1.165) is 49.7 Å². The van der Waals surface area contributed by atoms with Crippen molar-refractivity contribution in [3.63, 3.8) is 0 Å². The molecular formula is C51H59ClN8O5. The van der Waals surface area contributed by atoms with Gasteiger partial charge in [0.1, 0.15) is 0 Å². The Morgan fingerprint density at radius 3 is 1.60 bits per heavy atom. The molecule has 0 fully saturated rings. The number of nitrogens with one attached hydrogen (secondary N) is 4. The Morgan fingerprint density at radius 2 is 1.02 bits per heavy atom. The van der Waals surface area contributed by atoms with E-state index in [4.69, 9.17) is 0 Å². The zero-order valence-corrected chi connectivity index (χ0v) is 39.7. The number of ketones is 1. The van der Waals surface area contributed by atoms with Gasteiger partial charge in [0.2, 0.25) is 17.7 Å². The highest BCUT2D eigenvalue weighted by Crippen LogP contribution is 2.31. The standard InChI is InChI=1S/C18H20N2O2.C12H8N2O.C11H16N2O.C10H14N2O.ClH/c1-12(21)13-7-5-6-8-14(13)15-9-10-19-11-16(15)20-17(22)18(2,3)4;15-12-10-4-2-1-3-8(10)9-5-6-13-7-11(9)14-12;1-8-5-6-12-7-9(8)13-10(14)11(2,3)4;1-10(2,3)9(13)12-8-5-4-6-11-7-8;/h5-11H,1-4H3,(H,20,22);1-7H,(H,14,15);5-7H,1-4H3,(H,13,14);4-7H,1-3H3,(H,12,13);1H. The number of aromatic nitrogens is 5. The van der Waals surface area contributed by atoms with Crippen LogP contribution < -0.4 is 21.5 Å². The van der Waals surface area contributed by atoms with Crippen LogP contribution in [0.3, 0.4) is 0 Å². The molecule has 5 aromatic heterocycles. The number of nitrogens with zero attached hydrogens (tertiary/aromatic N) is 4. The molecule has 4 N–H and O–H groups in total. The molecular weight excluding hydrogens is 840 g/mol. The second-order valence-electron chi connectivity index (χ2n) is 18.0. The van der Waals surface area contributed by atoms with Gasteiger partial charge in [0, 0.05) is 62.9 Å². The van der Waals surface area contributed by atoms with Crippen molar-refractivity contribution < 1.29 is 19.2 Å². The zero-order chi connectivity index (χ0) is 47.2. The molecule has 65 heavy (non-hydrogen) atoms. The summed E-state index contributed by atoms with van der Waals surface area (Å²) in [7, 11) is 0. The van der Waals surface area contributed by atoms with Crippen LogP contribution in [0.15, 0.2) is 133 Å². The van der Waals surface area contributed by atoms with Gasteiger partial charge >= 0.3 is 0 Å². The number of hydrogen-bond donors (Lipinski definition) is 4. The van der Waals surface area contributed by atoms with Crippen LogP contribution in [-0.4, -0.2) is 48.4 Å². The molecule has 0 aliphatic rings. The predicted octanol–water partition coefficient (Wildman–Crippen LogP) is 10.9. The molecule has 5 heterocycles. The average Bonchev–Trinajstić information content (AvgIpc) is 3.25. The molecule has 14 heteroatoms. The van der Waals surface area contributed by atoms with E-state index < -0.39 is 5.41 Å². The van der Waals surface area contributed by atoms with Crippen molar-refractivity contribution in [3.8, 4) is 11.1 Å². The number of benzene rings is 2. The van der Waals surface area contributed by atoms with Crippen LogP contribution in [0.5, 0.6) is 0 Å². The summed E-state index contributed by atoms with van der Waals surface area (Å²) >= 11 is 0. The predicted molar refractivity (Wildman–Crippen MR) is 264 cm³/mol. The number of Topliss-reactive ketones (excluding diaryl/α,β-unsaturated/α-hetero) is 1.